The normalized spacial score (nSPS) is 11.6. The van der Waals surface area contributed by atoms with Crippen LogP contribution in [-0.4, -0.2) is 41.1 Å². The van der Waals surface area contributed by atoms with Crippen molar-refractivity contribution < 1.29 is 0 Å². The molecule has 0 aliphatic carbocycles. The summed E-state index contributed by atoms with van der Waals surface area (Å²) < 4.78 is 2.24. The first-order chi connectivity index (χ1) is 8.15. The number of nitrogens with one attached hydrogen (secondary N) is 1. The quantitative estimate of drug-likeness (QED) is 0.700. The van der Waals surface area contributed by atoms with E-state index in [0.717, 1.165) is 13.1 Å². The van der Waals surface area contributed by atoms with E-state index >= 15 is 0 Å². The van der Waals surface area contributed by atoms with Crippen molar-refractivity contribution in [2.45, 2.75) is 45.8 Å². The summed E-state index contributed by atoms with van der Waals surface area (Å²) >= 11 is 0. The summed E-state index contributed by atoms with van der Waals surface area (Å²) in [5.74, 6) is 0. The molecule has 98 valence electrons. The smallest absolute Gasteiger partial charge is 0.0948 e. The molecule has 0 aliphatic rings. The monoisotopic (exact) mass is 238 g/mol. The molecule has 0 bridgehead atoms. The number of hydrogen-bond donors (Lipinski definition) is 1. The van der Waals surface area contributed by atoms with Crippen LogP contribution in [0.25, 0.3) is 0 Å². The average Bonchev–Trinajstić information content (AvgIpc) is 2.72. The second-order valence-electron chi connectivity index (χ2n) is 4.89. The lowest BCUT2D eigenvalue weighted by Crippen LogP contribution is -2.27. The van der Waals surface area contributed by atoms with Crippen LogP contribution in [0.1, 0.15) is 32.4 Å². The van der Waals surface area contributed by atoms with Crippen LogP contribution < -0.4 is 5.32 Å². The summed E-state index contributed by atoms with van der Waals surface area (Å²) in [7, 11) is 4.16. The zero-order chi connectivity index (χ0) is 12.7. The van der Waals surface area contributed by atoms with Crippen LogP contribution >= 0.6 is 0 Å². The summed E-state index contributed by atoms with van der Waals surface area (Å²) in [5.41, 5.74) is 1.27. The predicted octanol–water partition coefficient (Wildman–Crippen LogP) is 1.72. The van der Waals surface area contributed by atoms with E-state index in [4.69, 9.17) is 0 Å². The Morgan fingerprint density at radius 2 is 2.18 bits per heavy atom. The molecule has 0 amide bonds. The largest absolute Gasteiger partial charge is 0.333 e. The topological polar surface area (TPSA) is 33.1 Å². The SMILES string of the molecule is CNCc1cncn1CCCCN(C)C(C)C. The Hall–Kier alpha value is -0.870. The fourth-order valence-electron chi connectivity index (χ4n) is 1.78. The highest BCUT2D eigenvalue weighted by molar-refractivity contribution is 4.97. The molecule has 1 aromatic rings. The molecule has 17 heavy (non-hydrogen) atoms. The van der Waals surface area contributed by atoms with E-state index in [9.17, 15) is 0 Å². The van der Waals surface area contributed by atoms with Crippen molar-refractivity contribution >= 4 is 0 Å². The van der Waals surface area contributed by atoms with Crippen molar-refractivity contribution in [3.05, 3.63) is 18.2 Å². The fourth-order valence-corrected chi connectivity index (χ4v) is 1.78. The summed E-state index contributed by atoms with van der Waals surface area (Å²) in [6, 6.07) is 0.642. The fraction of sp³-hybridized carbons (Fsp3) is 0.769. The second kappa shape index (κ2) is 7.45. The van der Waals surface area contributed by atoms with Gasteiger partial charge in [0.2, 0.25) is 0 Å². The minimum atomic E-state index is 0.642. The highest BCUT2D eigenvalue weighted by Gasteiger charge is 2.03. The standard InChI is InChI=1S/C13H26N4/c1-12(2)16(4)7-5-6-8-17-11-15-10-13(17)9-14-3/h10-12,14H,5-9H2,1-4H3. The number of aryl methyl sites for hydroxylation is 1. The predicted molar refractivity (Wildman–Crippen MR) is 72.0 cm³/mol. The van der Waals surface area contributed by atoms with Gasteiger partial charge in [-0.1, -0.05) is 0 Å². The molecule has 1 N–H and O–H groups in total. The summed E-state index contributed by atoms with van der Waals surface area (Å²) in [6.45, 7) is 7.62. The van der Waals surface area contributed by atoms with Gasteiger partial charge in [0.15, 0.2) is 0 Å². The van der Waals surface area contributed by atoms with Gasteiger partial charge in [0, 0.05) is 25.3 Å². The summed E-state index contributed by atoms with van der Waals surface area (Å²) in [5, 5.41) is 3.17. The lowest BCUT2D eigenvalue weighted by molar-refractivity contribution is 0.266. The van der Waals surface area contributed by atoms with Crippen molar-refractivity contribution in [1.29, 1.82) is 0 Å². The highest BCUT2D eigenvalue weighted by Crippen LogP contribution is 2.04. The van der Waals surface area contributed by atoms with Crippen molar-refractivity contribution in [3.8, 4) is 0 Å². The van der Waals surface area contributed by atoms with Crippen molar-refractivity contribution in [2.75, 3.05) is 20.6 Å². The van der Waals surface area contributed by atoms with Gasteiger partial charge in [0.1, 0.15) is 0 Å². The average molecular weight is 238 g/mol. The Labute approximate surface area is 105 Å². The molecular formula is C13H26N4. The van der Waals surface area contributed by atoms with Gasteiger partial charge in [-0.3, -0.25) is 0 Å². The van der Waals surface area contributed by atoms with Crippen molar-refractivity contribution in [1.82, 2.24) is 19.8 Å². The number of unbranched alkanes of at least 4 members (excludes halogenated alkanes) is 1. The van der Waals surface area contributed by atoms with Gasteiger partial charge in [-0.15, -0.1) is 0 Å². The summed E-state index contributed by atoms with van der Waals surface area (Å²) in [4.78, 5) is 6.59. The maximum atomic E-state index is 4.20. The van der Waals surface area contributed by atoms with Crippen LogP contribution in [0.15, 0.2) is 12.5 Å². The van der Waals surface area contributed by atoms with Crippen LogP contribution in [-0.2, 0) is 13.1 Å². The van der Waals surface area contributed by atoms with E-state index in [0.29, 0.717) is 6.04 Å². The number of imidazole rings is 1. The minimum Gasteiger partial charge on any atom is -0.333 e. The van der Waals surface area contributed by atoms with Gasteiger partial charge in [-0.25, -0.2) is 4.98 Å². The summed E-state index contributed by atoms with van der Waals surface area (Å²) in [6.07, 6.45) is 6.32. The van der Waals surface area contributed by atoms with Crippen LogP contribution in [0.2, 0.25) is 0 Å². The highest BCUT2D eigenvalue weighted by atomic mass is 15.1. The van der Waals surface area contributed by atoms with Gasteiger partial charge in [0.05, 0.1) is 12.0 Å². The molecular weight excluding hydrogens is 212 g/mol. The molecule has 0 aliphatic heterocycles. The molecule has 4 nitrogen and oxygen atoms in total. The lowest BCUT2D eigenvalue weighted by Gasteiger charge is -2.20. The molecule has 1 aromatic heterocycles. The van der Waals surface area contributed by atoms with Crippen LogP contribution in [0.5, 0.6) is 0 Å². The zero-order valence-corrected chi connectivity index (χ0v) is 11.6. The molecule has 0 fully saturated rings. The number of aromatic nitrogens is 2. The lowest BCUT2D eigenvalue weighted by atomic mass is 10.2. The van der Waals surface area contributed by atoms with Crippen molar-refractivity contribution in [3.63, 3.8) is 0 Å². The first-order valence-corrected chi connectivity index (χ1v) is 6.49. The molecule has 1 rings (SSSR count). The van der Waals surface area contributed by atoms with E-state index in [2.05, 4.69) is 40.7 Å². The minimum absolute atomic E-state index is 0.642. The first-order valence-electron chi connectivity index (χ1n) is 6.49. The maximum absolute atomic E-state index is 4.20. The van der Waals surface area contributed by atoms with E-state index in [-0.39, 0.29) is 0 Å². The molecule has 0 aromatic carbocycles. The van der Waals surface area contributed by atoms with Crippen molar-refractivity contribution in [2.24, 2.45) is 0 Å². The van der Waals surface area contributed by atoms with Gasteiger partial charge >= 0.3 is 0 Å². The molecule has 0 atom stereocenters. The third kappa shape index (κ3) is 4.88. The zero-order valence-electron chi connectivity index (χ0n) is 11.6. The van der Waals surface area contributed by atoms with E-state index in [1.54, 1.807) is 0 Å². The number of rotatable bonds is 8. The molecule has 0 saturated heterocycles. The molecule has 0 radical (unpaired) electrons. The molecule has 0 saturated carbocycles. The Bertz CT molecular complexity index is 306. The van der Waals surface area contributed by atoms with Gasteiger partial charge < -0.3 is 14.8 Å². The molecule has 4 heteroatoms. The Morgan fingerprint density at radius 3 is 2.82 bits per heavy atom. The third-order valence-corrected chi connectivity index (χ3v) is 3.20. The Balaban J connectivity index is 2.24. The second-order valence-corrected chi connectivity index (χ2v) is 4.89. The van der Waals surface area contributed by atoms with Gasteiger partial charge in [0.25, 0.3) is 0 Å². The third-order valence-electron chi connectivity index (χ3n) is 3.20. The molecule has 1 heterocycles. The van der Waals surface area contributed by atoms with Crippen LogP contribution in [0.3, 0.4) is 0 Å². The number of hydrogen-bond acceptors (Lipinski definition) is 3. The molecule has 0 spiro atoms. The van der Waals surface area contributed by atoms with E-state index in [1.807, 2.05) is 19.6 Å². The van der Waals surface area contributed by atoms with Crippen LogP contribution in [0.4, 0.5) is 0 Å². The van der Waals surface area contributed by atoms with Crippen LogP contribution in [0, 0.1) is 0 Å². The number of nitrogens with zero attached hydrogens (tertiary/aromatic N) is 3. The Kier molecular flexibility index (Phi) is 6.22. The molecule has 0 unspecified atom stereocenters. The van der Waals surface area contributed by atoms with E-state index < -0.39 is 0 Å². The van der Waals surface area contributed by atoms with E-state index in [1.165, 1.54) is 25.1 Å². The maximum Gasteiger partial charge on any atom is 0.0948 e. The van der Waals surface area contributed by atoms with Gasteiger partial charge in [-0.05, 0) is 47.3 Å². The Morgan fingerprint density at radius 1 is 1.41 bits per heavy atom. The van der Waals surface area contributed by atoms with Gasteiger partial charge in [-0.2, -0.15) is 0 Å². The first kappa shape index (κ1) is 14.2.